The van der Waals surface area contributed by atoms with E-state index in [9.17, 15) is 14.7 Å². The van der Waals surface area contributed by atoms with Gasteiger partial charge in [0.05, 0.1) is 18.2 Å². The van der Waals surface area contributed by atoms with Crippen LogP contribution in [0.1, 0.15) is 24.8 Å². The van der Waals surface area contributed by atoms with Gasteiger partial charge in [0, 0.05) is 18.2 Å². The lowest BCUT2D eigenvalue weighted by atomic mass is 9.90. The largest absolute Gasteiger partial charge is 0.508 e. The molecule has 6 nitrogen and oxygen atoms in total. The Labute approximate surface area is 139 Å². The lowest BCUT2D eigenvalue weighted by Gasteiger charge is -2.25. The summed E-state index contributed by atoms with van der Waals surface area (Å²) in [5, 5.41) is 15.1. The molecule has 3 rings (SSSR count). The molecule has 0 aromatic heterocycles. The minimum Gasteiger partial charge on any atom is -0.508 e. The van der Waals surface area contributed by atoms with Crippen LogP contribution in [0, 0.1) is 0 Å². The predicted octanol–water partition coefficient (Wildman–Crippen LogP) is 2.86. The van der Waals surface area contributed by atoms with E-state index in [1.165, 1.54) is 12.1 Å². The van der Waals surface area contributed by atoms with Crippen LogP contribution in [0.3, 0.4) is 0 Å². The van der Waals surface area contributed by atoms with Crippen molar-refractivity contribution in [1.82, 2.24) is 0 Å². The highest BCUT2D eigenvalue weighted by atomic mass is 16.5. The van der Waals surface area contributed by atoms with Crippen molar-refractivity contribution in [1.29, 1.82) is 0 Å². The molecule has 1 aliphatic rings. The van der Waals surface area contributed by atoms with E-state index < -0.39 is 5.92 Å². The van der Waals surface area contributed by atoms with Crippen molar-refractivity contribution in [2.75, 3.05) is 17.2 Å². The predicted molar refractivity (Wildman–Crippen MR) is 90.3 cm³/mol. The molecule has 1 heterocycles. The maximum atomic E-state index is 12.7. The third-order valence-corrected chi connectivity index (χ3v) is 3.84. The van der Waals surface area contributed by atoms with Gasteiger partial charge in [-0.3, -0.25) is 9.59 Å². The molecule has 0 radical (unpaired) electrons. The zero-order chi connectivity index (χ0) is 17.1. The van der Waals surface area contributed by atoms with Crippen molar-refractivity contribution in [2.45, 2.75) is 19.3 Å². The Morgan fingerprint density at radius 3 is 2.92 bits per heavy atom. The second-order valence-electron chi connectivity index (χ2n) is 5.49. The van der Waals surface area contributed by atoms with Crippen LogP contribution in [0.15, 0.2) is 42.5 Å². The number of anilines is 2. The van der Waals surface area contributed by atoms with E-state index in [4.69, 9.17) is 4.74 Å². The third kappa shape index (κ3) is 3.17. The average molecular weight is 326 g/mol. The third-order valence-electron chi connectivity index (χ3n) is 3.84. The number of nitrogens with one attached hydrogen (secondary N) is 2. The fourth-order valence-electron chi connectivity index (χ4n) is 2.75. The molecule has 2 aromatic carbocycles. The summed E-state index contributed by atoms with van der Waals surface area (Å²) in [7, 11) is 0. The molecule has 3 N–H and O–H groups in total. The Balaban J connectivity index is 1.87. The van der Waals surface area contributed by atoms with Crippen molar-refractivity contribution < 1.29 is 19.4 Å². The van der Waals surface area contributed by atoms with E-state index in [1.807, 2.05) is 25.1 Å². The highest BCUT2D eigenvalue weighted by molar-refractivity contribution is 6.05. The van der Waals surface area contributed by atoms with Crippen LogP contribution in [0.2, 0.25) is 0 Å². The normalized spacial score (nSPS) is 16.0. The number of rotatable bonds is 4. The van der Waals surface area contributed by atoms with Crippen LogP contribution in [0.25, 0.3) is 0 Å². The Morgan fingerprint density at radius 1 is 1.33 bits per heavy atom. The summed E-state index contributed by atoms with van der Waals surface area (Å²) in [5.74, 6) is -0.606. The van der Waals surface area contributed by atoms with Crippen molar-refractivity contribution in [2.24, 2.45) is 0 Å². The Bertz CT molecular complexity index is 788. The number of hydrogen-bond donors (Lipinski definition) is 3. The fraction of sp³-hybridized carbons (Fsp3) is 0.222. The molecule has 0 saturated heterocycles. The standard InChI is InChI=1S/C18H18N2O4/c1-2-24-16-9-11(21)7-8-15(16)20-18(23)13-10-17(22)19-14-6-4-3-5-12(13)14/h3-9,13,21H,2,10H2,1H3,(H,19,22)(H,20,23). The number of carbonyl (C=O) groups is 2. The van der Waals surface area contributed by atoms with Crippen LogP contribution in [0.5, 0.6) is 11.5 Å². The summed E-state index contributed by atoms with van der Waals surface area (Å²) in [5.41, 5.74) is 1.90. The lowest BCUT2D eigenvalue weighted by Crippen LogP contribution is -2.30. The fourth-order valence-corrected chi connectivity index (χ4v) is 2.75. The highest BCUT2D eigenvalue weighted by Gasteiger charge is 2.30. The van der Waals surface area contributed by atoms with Crippen molar-refractivity contribution in [3.05, 3.63) is 48.0 Å². The number of benzene rings is 2. The van der Waals surface area contributed by atoms with E-state index in [2.05, 4.69) is 10.6 Å². The van der Waals surface area contributed by atoms with Gasteiger partial charge in [0.1, 0.15) is 11.5 Å². The second-order valence-corrected chi connectivity index (χ2v) is 5.49. The average Bonchev–Trinajstić information content (AvgIpc) is 2.56. The summed E-state index contributed by atoms with van der Waals surface area (Å²) < 4.78 is 5.44. The van der Waals surface area contributed by atoms with Crippen LogP contribution in [-0.2, 0) is 9.59 Å². The van der Waals surface area contributed by atoms with Gasteiger partial charge in [-0.25, -0.2) is 0 Å². The van der Waals surface area contributed by atoms with E-state index >= 15 is 0 Å². The van der Waals surface area contributed by atoms with Gasteiger partial charge in [0.25, 0.3) is 0 Å². The quantitative estimate of drug-likeness (QED) is 0.754. The first kappa shape index (κ1) is 15.9. The Hall–Kier alpha value is -3.02. The zero-order valence-corrected chi connectivity index (χ0v) is 13.2. The van der Waals surface area contributed by atoms with Gasteiger partial charge in [-0.2, -0.15) is 0 Å². The first-order valence-electron chi connectivity index (χ1n) is 7.74. The number of ether oxygens (including phenoxy) is 1. The lowest BCUT2D eigenvalue weighted by molar-refractivity contribution is -0.123. The van der Waals surface area contributed by atoms with Gasteiger partial charge < -0.3 is 20.5 Å². The molecule has 124 valence electrons. The highest BCUT2D eigenvalue weighted by Crippen LogP contribution is 2.34. The first-order valence-corrected chi connectivity index (χ1v) is 7.74. The number of carbonyl (C=O) groups excluding carboxylic acids is 2. The molecule has 1 atom stereocenters. The number of phenolic OH excluding ortho intramolecular Hbond substituents is 1. The van der Waals surface area contributed by atoms with Crippen LogP contribution >= 0.6 is 0 Å². The number of amides is 2. The smallest absolute Gasteiger partial charge is 0.232 e. The maximum Gasteiger partial charge on any atom is 0.232 e. The van der Waals surface area contributed by atoms with E-state index in [1.54, 1.807) is 12.1 Å². The van der Waals surface area contributed by atoms with Crippen LogP contribution in [-0.4, -0.2) is 23.5 Å². The molecular formula is C18H18N2O4. The van der Waals surface area contributed by atoms with Gasteiger partial charge in [0.2, 0.25) is 11.8 Å². The van der Waals surface area contributed by atoms with E-state index in [-0.39, 0.29) is 24.0 Å². The summed E-state index contributed by atoms with van der Waals surface area (Å²) in [4.78, 5) is 24.6. The SMILES string of the molecule is CCOc1cc(O)ccc1NC(=O)C1CC(=O)Nc2ccccc21. The van der Waals surface area contributed by atoms with Crippen LogP contribution in [0.4, 0.5) is 11.4 Å². The molecule has 2 amide bonds. The van der Waals surface area contributed by atoms with Gasteiger partial charge in [-0.05, 0) is 30.7 Å². The van der Waals surface area contributed by atoms with Gasteiger partial charge >= 0.3 is 0 Å². The Kier molecular flexibility index (Phi) is 4.37. The molecule has 0 saturated carbocycles. The van der Waals surface area contributed by atoms with E-state index in [0.29, 0.717) is 23.7 Å². The number of para-hydroxylation sites is 1. The summed E-state index contributed by atoms with van der Waals surface area (Å²) in [6, 6.07) is 11.8. The summed E-state index contributed by atoms with van der Waals surface area (Å²) in [6.07, 6.45) is 0.0882. The van der Waals surface area contributed by atoms with Crippen molar-refractivity contribution in [3.63, 3.8) is 0 Å². The Morgan fingerprint density at radius 2 is 2.12 bits per heavy atom. The monoisotopic (exact) mass is 326 g/mol. The molecule has 0 spiro atoms. The molecule has 2 aromatic rings. The summed E-state index contributed by atoms with van der Waals surface area (Å²) in [6.45, 7) is 2.22. The van der Waals surface area contributed by atoms with Crippen molar-refractivity contribution >= 4 is 23.2 Å². The molecule has 1 aliphatic heterocycles. The molecule has 24 heavy (non-hydrogen) atoms. The maximum absolute atomic E-state index is 12.7. The number of hydrogen-bond acceptors (Lipinski definition) is 4. The molecule has 0 fully saturated rings. The number of fused-ring (bicyclic) bond motifs is 1. The molecular weight excluding hydrogens is 308 g/mol. The molecule has 0 bridgehead atoms. The first-order chi connectivity index (χ1) is 11.6. The van der Waals surface area contributed by atoms with E-state index in [0.717, 1.165) is 5.56 Å². The van der Waals surface area contributed by atoms with Gasteiger partial charge in [0.15, 0.2) is 0 Å². The molecule has 0 aliphatic carbocycles. The van der Waals surface area contributed by atoms with Gasteiger partial charge in [-0.1, -0.05) is 18.2 Å². The van der Waals surface area contributed by atoms with Crippen LogP contribution < -0.4 is 15.4 Å². The molecule has 6 heteroatoms. The van der Waals surface area contributed by atoms with Gasteiger partial charge in [-0.15, -0.1) is 0 Å². The topological polar surface area (TPSA) is 87.7 Å². The summed E-state index contributed by atoms with van der Waals surface area (Å²) >= 11 is 0. The second kappa shape index (κ2) is 6.62. The number of aromatic hydroxyl groups is 1. The number of phenols is 1. The minimum absolute atomic E-state index is 0.0545. The van der Waals surface area contributed by atoms with Crippen molar-refractivity contribution in [3.8, 4) is 11.5 Å². The molecule has 1 unspecified atom stereocenters. The minimum atomic E-state index is -0.571. The zero-order valence-electron chi connectivity index (χ0n) is 13.2.